The molecule has 1 aromatic carbocycles. The van der Waals surface area contributed by atoms with E-state index >= 15 is 0 Å². The predicted octanol–water partition coefficient (Wildman–Crippen LogP) is 3.06. The summed E-state index contributed by atoms with van der Waals surface area (Å²) in [6, 6.07) is 4.71. The van der Waals surface area contributed by atoms with Gasteiger partial charge in [-0.25, -0.2) is 0 Å². The van der Waals surface area contributed by atoms with E-state index in [0.29, 0.717) is 5.02 Å². The molecule has 0 unspecified atom stereocenters. The normalized spacial score (nSPS) is 19.8. The molecule has 0 aromatic heterocycles. The van der Waals surface area contributed by atoms with E-state index in [1.165, 1.54) is 18.2 Å². The summed E-state index contributed by atoms with van der Waals surface area (Å²) >= 11 is 11.7. The van der Waals surface area contributed by atoms with E-state index in [9.17, 15) is 14.4 Å². The molecule has 0 radical (unpaired) electrons. The SMILES string of the molecule is C[C@@H]1CCC[C@@H](C)N1C(=O)COC(=O)CNC(=O)c1ccc(Cl)cc1Cl. The van der Waals surface area contributed by atoms with Gasteiger partial charge in [0.05, 0.1) is 10.6 Å². The fourth-order valence-corrected chi connectivity index (χ4v) is 3.60. The van der Waals surface area contributed by atoms with Crippen LogP contribution < -0.4 is 5.32 Å². The van der Waals surface area contributed by atoms with E-state index < -0.39 is 11.9 Å². The molecule has 8 heteroatoms. The zero-order chi connectivity index (χ0) is 19.3. The number of ether oxygens (including phenoxy) is 1. The number of halogens is 2. The molecule has 1 fully saturated rings. The van der Waals surface area contributed by atoms with Gasteiger partial charge >= 0.3 is 5.97 Å². The Morgan fingerprint density at radius 1 is 1.19 bits per heavy atom. The van der Waals surface area contributed by atoms with Crippen molar-refractivity contribution in [2.45, 2.75) is 45.2 Å². The van der Waals surface area contributed by atoms with Gasteiger partial charge in [0.1, 0.15) is 6.54 Å². The lowest BCUT2D eigenvalue weighted by atomic mass is 9.97. The monoisotopic (exact) mass is 400 g/mol. The minimum atomic E-state index is -0.686. The number of likely N-dealkylation sites (tertiary alicyclic amines) is 1. The highest BCUT2D eigenvalue weighted by atomic mass is 35.5. The largest absolute Gasteiger partial charge is 0.454 e. The molecule has 1 aromatic rings. The number of hydrogen-bond donors (Lipinski definition) is 1. The van der Waals surface area contributed by atoms with E-state index in [1.807, 2.05) is 13.8 Å². The Morgan fingerprint density at radius 3 is 2.46 bits per heavy atom. The fraction of sp³-hybridized carbons (Fsp3) is 0.500. The third-order valence-corrected chi connectivity index (χ3v) is 4.95. The van der Waals surface area contributed by atoms with Crippen LogP contribution >= 0.6 is 23.2 Å². The average molecular weight is 401 g/mol. The third-order valence-electron chi connectivity index (χ3n) is 4.41. The van der Waals surface area contributed by atoms with Gasteiger partial charge in [0, 0.05) is 17.1 Å². The number of carbonyl (C=O) groups excluding carboxylic acids is 3. The van der Waals surface area contributed by atoms with Crippen molar-refractivity contribution in [3.8, 4) is 0 Å². The van der Waals surface area contributed by atoms with Gasteiger partial charge in [-0.2, -0.15) is 0 Å². The van der Waals surface area contributed by atoms with E-state index in [-0.39, 0.29) is 41.7 Å². The Hall–Kier alpha value is -1.79. The molecule has 0 bridgehead atoms. The third kappa shape index (κ3) is 5.35. The minimum Gasteiger partial charge on any atom is -0.454 e. The van der Waals surface area contributed by atoms with Gasteiger partial charge in [0.2, 0.25) is 0 Å². The van der Waals surface area contributed by atoms with E-state index in [1.54, 1.807) is 4.90 Å². The van der Waals surface area contributed by atoms with Crippen LogP contribution in [0.25, 0.3) is 0 Å². The first kappa shape index (κ1) is 20.5. The second-order valence-corrected chi connectivity index (χ2v) is 7.24. The average Bonchev–Trinajstić information content (AvgIpc) is 2.57. The Bertz CT molecular complexity index is 686. The highest BCUT2D eigenvalue weighted by Gasteiger charge is 2.29. The molecule has 1 heterocycles. The lowest BCUT2D eigenvalue weighted by Crippen LogP contribution is -2.49. The lowest BCUT2D eigenvalue weighted by Gasteiger charge is -2.38. The van der Waals surface area contributed by atoms with Crippen molar-refractivity contribution >= 4 is 41.0 Å². The van der Waals surface area contributed by atoms with Crippen molar-refractivity contribution < 1.29 is 19.1 Å². The number of rotatable bonds is 5. The van der Waals surface area contributed by atoms with Crippen LogP contribution in [0.3, 0.4) is 0 Å². The van der Waals surface area contributed by atoms with Gasteiger partial charge in [-0.05, 0) is 51.3 Å². The summed E-state index contributed by atoms with van der Waals surface area (Å²) < 4.78 is 4.99. The van der Waals surface area contributed by atoms with Gasteiger partial charge in [0.25, 0.3) is 11.8 Å². The number of hydrogen-bond acceptors (Lipinski definition) is 4. The maximum absolute atomic E-state index is 12.3. The van der Waals surface area contributed by atoms with Gasteiger partial charge in [-0.3, -0.25) is 14.4 Å². The second-order valence-electron chi connectivity index (χ2n) is 6.40. The summed E-state index contributed by atoms with van der Waals surface area (Å²) in [5.74, 6) is -1.42. The smallest absolute Gasteiger partial charge is 0.325 e. The molecule has 2 atom stereocenters. The van der Waals surface area contributed by atoms with Crippen molar-refractivity contribution in [3.63, 3.8) is 0 Å². The highest BCUT2D eigenvalue weighted by Crippen LogP contribution is 2.22. The fourth-order valence-electron chi connectivity index (χ4n) is 3.10. The summed E-state index contributed by atoms with van der Waals surface area (Å²) in [5, 5.41) is 3.01. The van der Waals surface area contributed by atoms with Crippen molar-refractivity contribution in [2.75, 3.05) is 13.2 Å². The van der Waals surface area contributed by atoms with Crippen LogP contribution in [0.4, 0.5) is 0 Å². The Morgan fingerprint density at radius 2 is 1.85 bits per heavy atom. The Balaban J connectivity index is 1.79. The first-order valence-corrected chi connectivity index (χ1v) is 9.25. The molecule has 1 saturated heterocycles. The van der Waals surface area contributed by atoms with Crippen molar-refractivity contribution in [1.82, 2.24) is 10.2 Å². The second kappa shape index (κ2) is 9.24. The lowest BCUT2D eigenvalue weighted by molar-refractivity contribution is -0.154. The number of nitrogens with zero attached hydrogens (tertiary/aromatic N) is 1. The Labute approximate surface area is 162 Å². The van der Waals surface area contributed by atoms with Crippen LogP contribution in [0.2, 0.25) is 10.0 Å². The molecule has 1 N–H and O–H groups in total. The van der Waals surface area contributed by atoms with Crippen molar-refractivity contribution in [1.29, 1.82) is 0 Å². The zero-order valence-corrected chi connectivity index (χ0v) is 16.3. The standard InChI is InChI=1S/C18H22Cl2N2O4/c1-11-4-3-5-12(2)22(11)16(23)10-26-17(24)9-21-18(25)14-7-6-13(19)8-15(14)20/h6-8,11-12H,3-5,9-10H2,1-2H3,(H,21,25)/t11-,12-/m1/s1. The molecule has 6 nitrogen and oxygen atoms in total. The van der Waals surface area contributed by atoms with E-state index in [2.05, 4.69) is 5.32 Å². The maximum atomic E-state index is 12.3. The molecule has 26 heavy (non-hydrogen) atoms. The highest BCUT2D eigenvalue weighted by molar-refractivity contribution is 6.36. The molecule has 0 aliphatic carbocycles. The number of amides is 2. The number of nitrogens with one attached hydrogen (secondary N) is 1. The first-order chi connectivity index (χ1) is 12.3. The summed E-state index contributed by atoms with van der Waals surface area (Å²) in [6.45, 7) is 3.30. The molecule has 1 aliphatic heterocycles. The van der Waals surface area contributed by atoms with Crippen molar-refractivity contribution in [3.05, 3.63) is 33.8 Å². The molecule has 142 valence electrons. The molecule has 0 saturated carbocycles. The van der Waals surface area contributed by atoms with Crippen LogP contribution in [0.15, 0.2) is 18.2 Å². The van der Waals surface area contributed by atoms with Gasteiger partial charge in [-0.1, -0.05) is 23.2 Å². The predicted molar refractivity (Wildman–Crippen MR) is 99.4 cm³/mol. The first-order valence-electron chi connectivity index (χ1n) is 8.49. The van der Waals surface area contributed by atoms with Gasteiger partial charge in [-0.15, -0.1) is 0 Å². The molecule has 2 amide bonds. The number of esters is 1. The van der Waals surface area contributed by atoms with Crippen LogP contribution in [0.1, 0.15) is 43.5 Å². The van der Waals surface area contributed by atoms with Crippen LogP contribution in [-0.4, -0.2) is 47.9 Å². The topological polar surface area (TPSA) is 75.7 Å². The van der Waals surface area contributed by atoms with E-state index in [0.717, 1.165) is 19.3 Å². The molecular weight excluding hydrogens is 379 g/mol. The number of carbonyl (C=O) groups is 3. The molecular formula is C18H22Cl2N2O4. The minimum absolute atomic E-state index is 0.136. The molecule has 0 spiro atoms. The summed E-state index contributed by atoms with van der Waals surface area (Å²) in [4.78, 5) is 37.9. The summed E-state index contributed by atoms with van der Waals surface area (Å²) in [7, 11) is 0. The van der Waals surface area contributed by atoms with Crippen LogP contribution in [0, 0.1) is 0 Å². The quantitative estimate of drug-likeness (QED) is 0.770. The van der Waals surface area contributed by atoms with Crippen LogP contribution in [0.5, 0.6) is 0 Å². The maximum Gasteiger partial charge on any atom is 0.325 e. The summed E-state index contributed by atoms with van der Waals surface area (Å²) in [5.41, 5.74) is 0.205. The zero-order valence-electron chi connectivity index (χ0n) is 14.8. The number of piperidine rings is 1. The van der Waals surface area contributed by atoms with Gasteiger partial charge < -0.3 is 15.0 Å². The Kier molecular flexibility index (Phi) is 7.29. The van der Waals surface area contributed by atoms with Crippen LogP contribution in [-0.2, 0) is 14.3 Å². The molecule has 2 rings (SSSR count). The number of benzene rings is 1. The van der Waals surface area contributed by atoms with Gasteiger partial charge in [0.15, 0.2) is 6.61 Å². The van der Waals surface area contributed by atoms with E-state index in [4.69, 9.17) is 27.9 Å². The molecule has 1 aliphatic rings. The van der Waals surface area contributed by atoms with Crippen molar-refractivity contribution in [2.24, 2.45) is 0 Å². The summed E-state index contributed by atoms with van der Waals surface area (Å²) in [6.07, 6.45) is 2.98.